The highest BCUT2D eigenvalue weighted by Gasteiger charge is 2.37. The minimum atomic E-state index is -1.22. The van der Waals surface area contributed by atoms with Crippen molar-refractivity contribution in [2.75, 3.05) is 25.5 Å². The second-order valence-electron chi connectivity index (χ2n) is 8.50. The molecule has 4 heterocycles. The molecule has 4 rings (SSSR count). The molecule has 0 aromatic carbocycles. The van der Waals surface area contributed by atoms with Crippen molar-refractivity contribution in [3.05, 3.63) is 42.7 Å². The summed E-state index contributed by atoms with van der Waals surface area (Å²) in [6, 6.07) is 8.61. The van der Waals surface area contributed by atoms with E-state index >= 15 is 0 Å². The number of halogens is 1. The summed E-state index contributed by atoms with van der Waals surface area (Å²) >= 11 is 0. The second kappa shape index (κ2) is 8.05. The quantitative estimate of drug-likeness (QED) is 0.683. The van der Waals surface area contributed by atoms with E-state index in [1.165, 1.54) is 4.90 Å². The number of hydrogen-bond donors (Lipinski definition) is 1. The topological polar surface area (TPSA) is 81.0 Å². The van der Waals surface area contributed by atoms with E-state index in [4.69, 9.17) is 9.47 Å². The van der Waals surface area contributed by atoms with Gasteiger partial charge in [0.2, 0.25) is 0 Å². The van der Waals surface area contributed by atoms with Crippen molar-refractivity contribution in [3.8, 4) is 17.1 Å². The van der Waals surface area contributed by atoms with Crippen LogP contribution in [0.15, 0.2) is 42.7 Å². The van der Waals surface area contributed by atoms with E-state index in [-0.39, 0.29) is 13.1 Å². The molecule has 2 atom stereocenters. The number of carbonyl (C=O) groups excluding carboxylic acids is 1. The monoisotopic (exact) mass is 427 g/mol. The molecule has 1 fully saturated rings. The first-order valence-electron chi connectivity index (χ1n) is 10.1. The third kappa shape index (κ3) is 4.55. The van der Waals surface area contributed by atoms with Gasteiger partial charge in [-0.2, -0.15) is 0 Å². The number of nitrogens with one attached hydrogen (secondary N) is 1. The van der Waals surface area contributed by atoms with Gasteiger partial charge in [-0.3, -0.25) is 4.40 Å². The standard InChI is InChI=1S/C22H26FN5O3/c1-22(2,3)31-21(29)27-12-15(23)17(13-27)26-19-7-5-6-16(25-19)18-11-24-20-10-14(30-4)8-9-28(18)20/h5-11,15,17H,12-13H2,1-4H3,(H,25,26)/t15-,17?/m0/s1. The van der Waals surface area contributed by atoms with Gasteiger partial charge in [0.25, 0.3) is 0 Å². The Labute approximate surface area is 180 Å². The fourth-order valence-electron chi connectivity index (χ4n) is 3.50. The van der Waals surface area contributed by atoms with E-state index in [2.05, 4.69) is 15.3 Å². The van der Waals surface area contributed by atoms with Crippen LogP contribution in [0.25, 0.3) is 17.0 Å². The SMILES string of the molecule is COc1ccn2c(-c3cccc(NC4CN(C(=O)OC(C)(C)C)C[C@@H]4F)n3)cnc2c1. The van der Waals surface area contributed by atoms with Crippen molar-refractivity contribution in [3.63, 3.8) is 0 Å². The predicted molar refractivity (Wildman–Crippen MR) is 115 cm³/mol. The molecule has 164 valence electrons. The Bertz CT molecular complexity index is 1090. The van der Waals surface area contributed by atoms with Crippen LogP contribution < -0.4 is 10.1 Å². The Morgan fingerprint density at radius 2 is 2.06 bits per heavy atom. The number of hydrogen-bond acceptors (Lipinski definition) is 6. The van der Waals surface area contributed by atoms with Crippen LogP contribution in [0, 0.1) is 0 Å². The molecular weight excluding hydrogens is 401 g/mol. The van der Waals surface area contributed by atoms with Crippen LogP contribution in [0.5, 0.6) is 5.75 Å². The number of fused-ring (bicyclic) bond motifs is 1. The third-order valence-corrected chi connectivity index (χ3v) is 4.97. The van der Waals surface area contributed by atoms with Gasteiger partial charge in [0.1, 0.15) is 29.0 Å². The number of amides is 1. The largest absolute Gasteiger partial charge is 0.497 e. The Morgan fingerprint density at radius 1 is 1.26 bits per heavy atom. The average Bonchev–Trinajstić information content (AvgIpc) is 3.30. The zero-order chi connectivity index (χ0) is 22.2. The molecule has 1 aliphatic heterocycles. The van der Waals surface area contributed by atoms with Gasteiger partial charge in [-0.1, -0.05) is 6.07 Å². The minimum absolute atomic E-state index is 0.0125. The van der Waals surface area contributed by atoms with Crippen LogP contribution in [0.4, 0.5) is 15.0 Å². The average molecular weight is 427 g/mol. The number of aromatic nitrogens is 3. The maximum absolute atomic E-state index is 14.6. The highest BCUT2D eigenvalue weighted by Crippen LogP contribution is 2.25. The number of likely N-dealkylation sites (tertiary alicyclic amines) is 1. The van der Waals surface area contributed by atoms with Crippen LogP contribution in [0.2, 0.25) is 0 Å². The molecule has 0 bridgehead atoms. The molecule has 1 saturated heterocycles. The summed E-state index contributed by atoms with van der Waals surface area (Å²) < 4.78 is 27.1. The maximum Gasteiger partial charge on any atom is 0.410 e. The van der Waals surface area contributed by atoms with Crippen LogP contribution in [0.1, 0.15) is 20.8 Å². The number of nitrogens with zero attached hydrogens (tertiary/aromatic N) is 4. The lowest BCUT2D eigenvalue weighted by Gasteiger charge is -2.24. The van der Waals surface area contributed by atoms with Crippen LogP contribution in [-0.2, 0) is 4.74 Å². The molecule has 0 spiro atoms. The molecule has 9 heteroatoms. The molecule has 1 amide bonds. The van der Waals surface area contributed by atoms with Gasteiger partial charge in [-0.05, 0) is 39.0 Å². The first-order valence-corrected chi connectivity index (χ1v) is 10.1. The third-order valence-electron chi connectivity index (χ3n) is 4.97. The lowest BCUT2D eigenvalue weighted by molar-refractivity contribution is 0.0283. The normalized spacial score (nSPS) is 18.9. The lowest BCUT2D eigenvalue weighted by atomic mass is 10.2. The van der Waals surface area contributed by atoms with Crippen molar-refractivity contribution >= 4 is 17.6 Å². The van der Waals surface area contributed by atoms with E-state index in [1.807, 2.05) is 34.9 Å². The molecule has 1 aliphatic rings. The molecular formula is C22H26FN5O3. The zero-order valence-electron chi connectivity index (χ0n) is 18.0. The predicted octanol–water partition coefficient (Wildman–Crippen LogP) is 3.77. The van der Waals surface area contributed by atoms with Crippen molar-refractivity contribution in [2.45, 2.75) is 38.6 Å². The van der Waals surface area contributed by atoms with Crippen LogP contribution in [-0.4, -0.2) is 63.4 Å². The lowest BCUT2D eigenvalue weighted by Crippen LogP contribution is -2.36. The Balaban J connectivity index is 1.50. The number of ether oxygens (including phenoxy) is 2. The number of pyridine rings is 2. The summed E-state index contributed by atoms with van der Waals surface area (Å²) in [5, 5.41) is 3.12. The summed E-state index contributed by atoms with van der Waals surface area (Å²) in [6.07, 6.45) is 1.87. The van der Waals surface area contributed by atoms with Crippen LogP contribution >= 0.6 is 0 Å². The summed E-state index contributed by atoms with van der Waals surface area (Å²) in [6.45, 7) is 5.55. The van der Waals surface area contributed by atoms with E-state index in [9.17, 15) is 9.18 Å². The molecule has 31 heavy (non-hydrogen) atoms. The van der Waals surface area contributed by atoms with Gasteiger partial charge < -0.3 is 19.7 Å². The van der Waals surface area contributed by atoms with Crippen molar-refractivity contribution in [1.82, 2.24) is 19.3 Å². The number of alkyl halides is 1. The highest BCUT2D eigenvalue weighted by atomic mass is 19.1. The van der Waals surface area contributed by atoms with Gasteiger partial charge in [-0.15, -0.1) is 0 Å². The molecule has 8 nitrogen and oxygen atoms in total. The Kier molecular flexibility index (Phi) is 5.43. The summed E-state index contributed by atoms with van der Waals surface area (Å²) in [5.74, 6) is 1.25. The van der Waals surface area contributed by atoms with Gasteiger partial charge in [0.15, 0.2) is 0 Å². The van der Waals surface area contributed by atoms with Gasteiger partial charge in [0.05, 0.1) is 37.3 Å². The zero-order valence-corrected chi connectivity index (χ0v) is 18.0. The minimum Gasteiger partial charge on any atom is -0.497 e. The Morgan fingerprint density at radius 3 is 2.81 bits per heavy atom. The molecule has 0 aliphatic carbocycles. The summed E-state index contributed by atoms with van der Waals surface area (Å²) in [5.41, 5.74) is 1.62. The first-order chi connectivity index (χ1) is 14.7. The van der Waals surface area contributed by atoms with Crippen molar-refractivity contribution in [2.24, 2.45) is 0 Å². The van der Waals surface area contributed by atoms with Crippen molar-refractivity contribution < 1.29 is 18.7 Å². The van der Waals surface area contributed by atoms with Gasteiger partial charge in [0, 0.05) is 18.8 Å². The smallest absolute Gasteiger partial charge is 0.410 e. The fraction of sp³-hybridized carbons (Fsp3) is 0.409. The number of carbonyl (C=O) groups is 1. The number of rotatable bonds is 4. The first kappa shape index (κ1) is 20.9. The molecule has 3 aromatic rings. The van der Waals surface area contributed by atoms with Gasteiger partial charge >= 0.3 is 6.09 Å². The maximum atomic E-state index is 14.6. The molecule has 0 radical (unpaired) electrons. The molecule has 3 aromatic heterocycles. The van der Waals surface area contributed by atoms with E-state index in [0.717, 1.165) is 17.1 Å². The highest BCUT2D eigenvalue weighted by molar-refractivity contribution is 5.69. The van der Waals surface area contributed by atoms with Crippen LogP contribution in [0.3, 0.4) is 0 Å². The fourth-order valence-corrected chi connectivity index (χ4v) is 3.50. The molecule has 1 unspecified atom stereocenters. The molecule has 0 saturated carbocycles. The summed E-state index contributed by atoms with van der Waals surface area (Å²) in [7, 11) is 1.61. The van der Waals surface area contributed by atoms with E-state index in [0.29, 0.717) is 11.5 Å². The van der Waals surface area contributed by atoms with Crippen molar-refractivity contribution in [1.29, 1.82) is 0 Å². The van der Waals surface area contributed by atoms with E-state index < -0.39 is 23.9 Å². The number of anilines is 1. The number of imidazole rings is 1. The van der Waals surface area contributed by atoms with E-state index in [1.54, 1.807) is 40.1 Å². The molecule has 1 N–H and O–H groups in total. The summed E-state index contributed by atoms with van der Waals surface area (Å²) in [4.78, 5) is 22.7. The second-order valence-corrected chi connectivity index (χ2v) is 8.50. The Hall–Kier alpha value is -3.36. The van der Waals surface area contributed by atoms with Gasteiger partial charge in [-0.25, -0.2) is 19.2 Å². The number of methoxy groups -OCH3 is 1.